The summed E-state index contributed by atoms with van der Waals surface area (Å²) in [6.45, 7) is 2.46. The molecule has 0 radical (unpaired) electrons. The Hall–Kier alpha value is -2.29. The Morgan fingerprint density at radius 2 is 2.04 bits per heavy atom. The van der Waals surface area contributed by atoms with Gasteiger partial charge in [0.15, 0.2) is 0 Å². The van der Waals surface area contributed by atoms with Crippen molar-refractivity contribution in [3.05, 3.63) is 29.8 Å². The molecule has 2 rings (SSSR count). The second kappa shape index (κ2) is 8.39. The highest BCUT2D eigenvalue weighted by atomic mass is 19.4. The lowest BCUT2D eigenvalue weighted by Gasteiger charge is -2.42. The number of carbonyl (C=O) groups excluding carboxylic acids is 1. The fourth-order valence-corrected chi connectivity index (χ4v) is 2.99. The maximum Gasteiger partial charge on any atom is 0.573 e. The monoisotopic (exact) mass is 374 g/mol. The Morgan fingerprint density at radius 1 is 1.35 bits per heavy atom. The molecule has 1 aliphatic carbocycles. The van der Waals surface area contributed by atoms with E-state index in [1.54, 1.807) is 6.07 Å². The van der Waals surface area contributed by atoms with Crippen molar-refractivity contribution < 1.29 is 32.6 Å². The van der Waals surface area contributed by atoms with Crippen LogP contribution < -0.4 is 10.1 Å². The second-order valence-corrected chi connectivity index (χ2v) is 6.22. The number of alkyl halides is 3. The Balaban J connectivity index is 1.80. The van der Waals surface area contributed by atoms with Gasteiger partial charge in [-0.2, -0.15) is 0 Å². The van der Waals surface area contributed by atoms with E-state index in [0.717, 1.165) is 0 Å². The number of hydrogen-bond acceptors (Lipinski definition) is 4. The highest BCUT2D eigenvalue weighted by Crippen LogP contribution is 2.26. The van der Waals surface area contributed by atoms with Gasteiger partial charge in [-0.05, 0) is 37.1 Å². The molecule has 0 heterocycles. The zero-order valence-electron chi connectivity index (χ0n) is 14.3. The summed E-state index contributed by atoms with van der Waals surface area (Å²) < 4.78 is 40.5. The van der Waals surface area contributed by atoms with E-state index in [0.29, 0.717) is 24.9 Å². The van der Waals surface area contributed by atoms with Crippen LogP contribution in [-0.2, 0) is 16.0 Å². The first-order valence-electron chi connectivity index (χ1n) is 8.26. The van der Waals surface area contributed by atoms with Gasteiger partial charge in [-0.3, -0.25) is 14.5 Å². The molecule has 0 atom stereocenters. The first-order valence-corrected chi connectivity index (χ1v) is 8.26. The lowest BCUT2D eigenvalue weighted by molar-refractivity contribution is -0.274. The Bertz CT molecular complexity index is 645. The molecule has 6 nitrogen and oxygen atoms in total. The summed E-state index contributed by atoms with van der Waals surface area (Å²) in [5.41, 5.74) is 0.418. The molecule has 0 unspecified atom stereocenters. The van der Waals surface area contributed by atoms with Crippen molar-refractivity contribution in [2.45, 2.75) is 44.6 Å². The molecule has 1 aromatic rings. The summed E-state index contributed by atoms with van der Waals surface area (Å²) in [7, 11) is 0. The number of rotatable bonds is 8. The summed E-state index contributed by atoms with van der Waals surface area (Å²) in [4.78, 5) is 24.7. The van der Waals surface area contributed by atoms with Crippen LogP contribution in [0.25, 0.3) is 0 Å². The number of carboxylic acid groups (broad SMARTS) is 1. The number of ether oxygens (including phenoxy) is 1. The minimum absolute atomic E-state index is 0.0339. The normalized spacial score (nSPS) is 19.7. The zero-order chi connectivity index (χ0) is 19.3. The van der Waals surface area contributed by atoms with E-state index in [1.807, 2.05) is 11.8 Å². The van der Waals surface area contributed by atoms with E-state index in [9.17, 15) is 22.8 Å². The third-order valence-electron chi connectivity index (χ3n) is 4.24. The van der Waals surface area contributed by atoms with Crippen LogP contribution >= 0.6 is 0 Å². The number of nitrogens with zero attached hydrogens (tertiary/aromatic N) is 1. The molecule has 26 heavy (non-hydrogen) atoms. The predicted molar refractivity (Wildman–Crippen MR) is 86.7 cm³/mol. The maximum absolute atomic E-state index is 12.2. The van der Waals surface area contributed by atoms with Gasteiger partial charge in [0.25, 0.3) is 0 Å². The molecule has 144 valence electrons. The molecule has 1 saturated carbocycles. The van der Waals surface area contributed by atoms with E-state index < -0.39 is 12.3 Å². The first kappa shape index (κ1) is 20.0. The molecule has 1 aromatic carbocycles. The SMILES string of the molecule is CCN(CC(=O)O)C1CC(NC(=O)Cc2cccc(OC(F)(F)F)c2)C1. The number of halogens is 3. The predicted octanol–water partition coefficient (Wildman–Crippen LogP) is 2.18. The van der Waals surface area contributed by atoms with Crippen molar-refractivity contribution in [1.82, 2.24) is 10.2 Å². The van der Waals surface area contributed by atoms with E-state index >= 15 is 0 Å². The third-order valence-corrected chi connectivity index (χ3v) is 4.24. The number of hydrogen-bond donors (Lipinski definition) is 2. The van der Waals surface area contributed by atoms with E-state index in [1.165, 1.54) is 18.2 Å². The van der Waals surface area contributed by atoms with E-state index in [4.69, 9.17) is 5.11 Å². The van der Waals surface area contributed by atoms with Gasteiger partial charge in [0.2, 0.25) is 5.91 Å². The number of carboxylic acids is 1. The second-order valence-electron chi connectivity index (χ2n) is 6.22. The van der Waals surface area contributed by atoms with Crippen molar-refractivity contribution in [2.24, 2.45) is 0 Å². The summed E-state index contributed by atoms with van der Waals surface area (Å²) in [6.07, 6.45) is -3.51. The fourth-order valence-electron chi connectivity index (χ4n) is 2.99. The van der Waals surface area contributed by atoms with Crippen molar-refractivity contribution in [2.75, 3.05) is 13.1 Å². The molecule has 9 heteroatoms. The molecule has 0 spiro atoms. The molecule has 1 aliphatic rings. The number of benzene rings is 1. The van der Waals surface area contributed by atoms with Gasteiger partial charge in [0.1, 0.15) is 5.75 Å². The van der Waals surface area contributed by atoms with Gasteiger partial charge < -0.3 is 15.2 Å². The van der Waals surface area contributed by atoms with Crippen molar-refractivity contribution in [1.29, 1.82) is 0 Å². The topological polar surface area (TPSA) is 78.9 Å². The average molecular weight is 374 g/mol. The average Bonchev–Trinajstić information content (AvgIpc) is 2.47. The summed E-state index contributed by atoms with van der Waals surface area (Å²) in [5.74, 6) is -1.54. The molecule has 0 bridgehead atoms. The Morgan fingerprint density at radius 3 is 2.62 bits per heavy atom. The van der Waals surface area contributed by atoms with Crippen molar-refractivity contribution >= 4 is 11.9 Å². The molecular formula is C17H21F3N2O4. The quantitative estimate of drug-likeness (QED) is 0.729. The van der Waals surface area contributed by atoms with Crippen LogP contribution in [-0.4, -0.2) is 53.4 Å². The van der Waals surface area contributed by atoms with Gasteiger partial charge in [0, 0.05) is 12.1 Å². The van der Waals surface area contributed by atoms with Crippen LogP contribution in [0.1, 0.15) is 25.3 Å². The first-order chi connectivity index (χ1) is 12.2. The van der Waals surface area contributed by atoms with E-state index in [-0.39, 0.29) is 36.7 Å². The maximum atomic E-state index is 12.2. The third kappa shape index (κ3) is 6.21. The number of likely N-dealkylation sites (N-methyl/N-ethyl adjacent to an activating group) is 1. The van der Waals surface area contributed by atoms with Crippen LogP contribution in [0.2, 0.25) is 0 Å². The standard InChI is InChI=1S/C17H21F3N2O4/c1-2-22(10-16(24)25)13-8-12(9-13)21-15(23)7-11-4-3-5-14(6-11)26-17(18,19)20/h3-6,12-13H,2,7-10H2,1H3,(H,21,23)(H,24,25). The molecule has 1 amide bonds. The van der Waals surface area contributed by atoms with E-state index in [2.05, 4.69) is 10.1 Å². The van der Waals surface area contributed by atoms with Crippen LogP contribution in [0.4, 0.5) is 13.2 Å². The fraction of sp³-hybridized carbons (Fsp3) is 0.529. The molecule has 0 aliphatic heterocycles. The number of carbonyl (C=O) groups is 2. The number of amides is 1. The number of aliphatic carboxylic acids is 1. The molecule has 1 fully saturated rings. The summed E-state index contributed by atoms with van der Waals surface area (Å²) in [5, 5.41) is 11.7. The summed E-state index contributed by atoms with van der Waals surface area (Å²) >= 11 is 0. The smallest absolute Gasteiger partial charge is 0.480 e. The lowest BCUT2D eigenvalue weighted by Crippen LogP contribution is -2.55. The highest BCUT2D eigenvalue weighted by Gasteiger charge is 2.34. The zero-order valence-corrected chi connectivity index (χ0v) is 14.3. The molecule has 2 N–H and O–H groups in total. The van der Waals surface area contributed by atoms with Crippen LogP contribution in [0.3, 0.4) is 0 Å². The summed E-state index contributed by atoms with van der Waals surface area (Å²) in [6, 6.07) is 5.37. The molecule has 0 aromatic heterocycles. The van der Waals surface area contributed by atoms with Gasteiger partial charge in [-0.15, -0.1) is 13.2 Å². The van der Waals surface area contributed by atoms with Gasteiger partial charge in [0.05, 0.1) is 13.0 Å². The van der Waals surface area contributed by atoms with Gasteiger partial charge >= 0.3 is 12.3 Å². The Labute approximate surface area is 148 Å². The van der Waals surface area contributed by atoms with Crippen LogP contribution in [0.15, 0.2) is 24.3 Å². The minimum atomic E-state index is -4.77. The Kier molecular flexibility index (Phi) is 6.47. The van der Waals surface area contributed by atoms with Crippen LogP contribution in [0.5, 0.6) is 5.75 Å². The van der Waals surface area contributed by atoms with Gasteiger partial charge in [-0.25, -0.2) is 0 Å². The molecule has 0 saturated heterocycles. The van der Waals surface area contributed by atoms with Gasteiger partial charge in [-0.1, -0.05) is 19.1 Å². The van der Waals surface area contributed by atoms with Crippen molar-refractivity contribution in [3.63, 3.8) is 0 Å². The molecular weight excluding hydrogens is 353 g/mol. The highest BCUT2D eigenvalue weighted by molar-refractivity contribution is 5.79. The lowest BCUT2D eigenvalue weighted by atomic mass is 9.85. The number of nitrogens with one attached hydrogen (secondary N) is 1. The largest absolute Gasteiger partial charge is 0.573 e. The van der Waals surface area contributed by atoms with Crippen LogP contribution in [0, 0.1) is 0 Å². The minimum Gasteiger partial charge on any atom is -0.480 e. The van der Waals surface area contributed by atoms with Crippen molar-refractivity contribution in [3.8, 4) is 5.75 Å².